The lowest BCUT2D eigenvalue weighted by Gasteiger charge is -2.38. The maximum absolute atomic E-state index is 13.5. The van der Waals surface area contributed by atoms with E-state index in [1.54, 1.807) is 18.6 Å². The van der Waals surface area contributed by atoms with Crippen molar-refractivity contribution in [1.82, 2.24) is 9.27 Å². The number of carbonyl (C=O) groups excluding carboxylic acids is 2. The van der Waals surface area contributed by atoms with Crippen LogP contribution in [0, 0.1) is 16.7 Å². The van der Waals surface area contributed by atoms with Crippen LogP contribution in [-0.2, 0) is 26.3 Å². The van der Waals surface area contributed by atoms with Crippen LogP contribution in [0.4, 0.5) is 0 Å². The Bertz CT molecular complexity index is 847. The van der Waals surface area contributed by atoms with E-state index in [-0.39, 0.29) is 23.3 Å². The molecule has 0 unspecified atom stereocenters. The summed E-state index contributed by atoms with van der Waals surface area (Å²) >= 11 is 1.56. The summed E-state index contributed by atoms with van der Waals surface area (Å²) < 4.78 is 8.04. The Balaban J connectivity index is 2.34. The minimum atomic E-state index is -0.672. The molecule has 2 atom stereocenters. The summed E-state index contributed by atoms with van der Waals surface area (Å²) in [5.41, 5.74) is -0.0616. The molecule has 1 saturated carbocycles. The van der Waals surface area contributed by atoms with Crippen LogP contribution in [-0.4, -0.2) is 36.0 Å². The topological polar surface area (TPSA) is 72.7 Å². The van der Waals surface area contributed by atoms with Crippen molar-refractivity contribution in [2.75, 3.05) is 20.3 Å². The Morgan fingerprint density at radius 3 is 2.58 bits per heavy atom. The van der Waals surface area contributed by atoms with Crippen LogP contribution >= 0.6 is 11.5 Å². The molecule has 1 aliphatic rings. The smallest absolute Gasteiger partial charge is 0.253 e. The Kier molecular flexibility index (Phi) is 8.31. The molecule has 6 nitrogen and oxygen atoms in total. The van der Waals surface area contributed by atoms with Gasteiger partial charge in [0.1, 0.15) is 4.67 Å². The number of methoxy groups -OCH3 is 1. The first kappa shape index (κ1) is 25.8. The molecular weight excluding hydrogens is 410 g/mol. The van der Waals surface area contributed by atoms with Gasteiger partial charge in [0.25, 0.3) is 5.91 Å². The molecule has 1 aliphatic carbocycles. The normalized spacial score (nSPS) is 23.9. The first-order chi connectivity index (χ1) is 14.4. The zero-order valence-electron chi connectivity index (χ0n) is 20.6. The molecule has 2 amide bonds. The maximum atomic E-state index is 13.5. The van der Waals surface area contributed by atoms with Crippen molar-refractivity contribution in [2.24, 2.45) is 21.7 Å². The number of carbonyl (C=O) groups is 2. The van der Waals surface area contributed by atoms with Gasteiger partial charge in [0.2, 0.25) is 5.91 Å². The number of rotatable bonds is 8. The number of nitrogens with zero attached hydrogens (tertiary/aromatic N) is 2. The first-order valence-electron chi connectivity index (χ1n) is 11.5. The second-order valence-electron chi connectivity index (χ2n) is 10.5. The van der Waals surface area contributed by atoms with Gasteiger partial charge in [0, 0.05) is 36.9 Å². The molecule has 1 N–H and O–H groups in total. The highest BCUT2D eigenvalue weighted by Gasteiger charge is 2.58. The predicted octanol–water partition coefficient (Wildman–Crippen LogP) is 4.28. The largest absolute Gasteiger partial charge is 0.383 e. The molecule has 176 valence electrons. The number of amides is 2. The van der Waals surface area contributed by atoms with Crippen molar-refractivity contribution in [1.29, 1.82) is 0 Å². The highest BCUT2D eigenvalue weighted by atomic mass is 32.1. The van der Waals surface area contributed by atoms with Gasteiger partial charge in [-0.1, -0.05) is 34.1 Å². The maximum Gasteiger partial charge on any atom is 0.253 e. The minimum absolute atomic E-state index is 0.00362. The number of hydrogen-bond acceptors (Lipinski definition) is 4. The number of nitrogens with one attached hydrogen (secondary N) is 1. The summed E-state index contributed by atoms with van der Waals surface area (Å²) in [4.78, 5) is 31.0. The third-order valence-corrected chi connectivity index (χ3v) is 8.39. The zero-order valence-corrected chi connectivity index (χ0v) is 21.4. The summed E-state index contributed by atoms with van der Waals surface area (Å²) in [7, 11) is 1.62. The number of aryl methyl sites for hydroxylation is 1. The Morgan fingerprint density at radius 2 is 2.00 bits per heavy atom. The molecule has 7 heteroatoms. The van der Waals surface area contributed by atoms with Gasteiger partial charge in [-0.3, -0.25) is 13.5 Å². The lowest BCUT2D eigenvalue weighted by molar-refractivity contribution is -0.136. The van der Waals surface area contributed by atoms with Crippen LogP contribution in [0.3, 0.4) is 0 Å². The molecule has 0 radical (unpaired) electrons. The molecular formula is C24H41N3O3S. The first-order valence-corrected chi connectivity index (χ1v) is 12.2. The van der Waals surface area contributed by atoms with E-state index in [9.17, 15) is 9.59 Å². The van der Waals surface area contributed by atoms with Crippen molar-refractivity contribution in [3.63, 3.8) is 0 Å². The SMILES string of the molecule is CCCCc1cn(C(C)(C)C)sc1=NC(=O)[C@@]1(C)CC[C@@H](C(=O)NCCOC)C1(C)C. The fourth-order valence-corrected chi connectivity index (χ4v) is 5.33. The molecule has 1 heterocycles. The summed E-state index contributed by atoms with van der Waals surface area (Å²) in [6.45, 7) is 15.7. The van der Waals surface area contributed by atoms with Gasteiger partial charge < -0.3 is 10.1 Å². The number of aromatic nitrogens is 1. The highest BCUT2D eigenvalue weighted by molar-refractivity contribution is 7.04. The number of hydrogen-bond donors (Lipinski definition) is 1. The Morgan fingerprint density at radius 1 is 1.32 bits per heavy atom. The van der Waals surface area contributed by atoms with E-state index in [4.69, 9.17) is 4.74 Å². The van der Waals surface area contributed by atoms with Crippen molar-refractivity contribution >= 4 is 23.3 Å². The van der Waals surface area contributed by atoms with E-state index in [1.165, 1.54) is 0 Å². The third kappa shape index (κ3) is 5.48. The lowest BCUT2D eigenvalue weighted by atomic mass is 9.65. The summed E-state index contributed by atoms with van der Waals surface area (Å²) in [6, 6.07) is 0. The van der Waals surface area contributed by atoms with Gasteiger partial charge in [-0.15, -0.1) is 0 Å². The fraction of sp³-hybridized carbons (Fsp3) is 0.792. The van der Waals surface area contributed by atoms with Crippen LogP contribution in [0.15, 0.2) is 11.2 Å². The molecule has 0 saturated heterocycles. The van der Waals surface area contributed by atoms with Crippen molar-refractivity contribution < 1.29 is 14.3 Å². The molecule has 1 fully saturated rings. The molecule has 0 aromatic carbocycles. The standard InChI is InChI=1S/C24H41N3O3S/c1-9-10-11-17-16-27(22(2,3)4)31-20(17)26-21(29)24(7)13-12-18(23(24,5)6)19(28)25-14-15-30-8/h16,18H,9-15H2,1-8H3,(H,25,28)/t18-,24+/m0/s1. The van der Waals surface area contributed by atoms with E-state index < -0.39 is 10.8 Å². The van der Waals surface area contributed by atoms with E-state index in [0.717, 1.165) is 29.5 Å². The van der Waals surface area contributed by atoms with E-state index in [2.05, 4.69) is 48.2 Å². The van der Waals surface area contributed by atoms with Crippen molar-refractivity contribution in [3.05, 3.63) is 16.4 Å². The summed E-state index contributed by atoms with van der Waals surface area (Å²) in [6.07, 6.45) is 6.61. The van der Waals surface area contributed by atoms with Crippen LogP contribution in [0.2, 0.25) is 0 Å². The highest BCUT2D eigenvalue weighted by Crippen LogP contribution is 2.56. The second kappa shape index (κ2) is 9.99. The number of ether oxygens (including phenoxy) is 1. The summed E-state index contributed by atoms with van der Waals surface area (Å²) in [5, 5.41) is 2.95. The van der Waals surface area contributed by atoms with Gasteiger partial charge in [-0.05, 0) is 63.4 Å². The lowest BCUT2D eigenvalue weighted by Crippen LogP contribution is -2.45. The predicted molar refractivity (Wildman–Crippen MR) is 126 cm³/mol. The van der Waals surface area contributed by atoms with E-state index in [1.807, 2.05) is 20.8 Å². The van der Waals surface area contributed by atoms with Crippen LogP contribution in [0.1, 0.15) is 79.7 Å². The second-order valence-corrected chi connectivity index (χ2v) is 11.5. The van der Waals surface area contributed by atoms with E-state index >= 15 is 0 Å². The van der Waals surface area contributed by atoms with Crippen LogP contribution < -0.4 is 9.99 Å². The van der Waals surface area contributed by atoms with Crippen molar-refractivity contribution in [2.45, 2.75) is 86.1 Å². The van der Waals surface area contributed by atoms with Gasteiger partial charge in [0.05, 0.1) is 12.0 Å². The summed E-state index contributed by atoms with van der Waals surface area (Å²) in [5.74, 6) is -0.315. The number of unbranched alkanes of at least 4 members (excludes halogenated alkanes) is 1. The average molecular weight is 452 g/mol. The molecule has 1 aromatic rings. The molecule has 31 heavy (non-hydrogen) atoms. The minimum Gasteiger partial charge on any atom is -0.383 e. The molecule has 0 spiro atoms. The fourth-order valence-electron chi connectivity index (χ4n) is 4.29. The molecule has 0 bridgehead atoms. The van der Waals surface area contributed by atoms with Gasteiger partial charge in [-0.2, -0.15) is 0 Å². The Hall–Kier alpha value is -1.47. The van der Waals surface area contributed by atoms with E-state index in [0.29, 0.717) is 26.0 Å². The monoisotopic (exact) mass is 451 g/mol. The van der Waals surface area contributed by atoms with Gasteiger partial charge in [0.15, 0.2) is 0 Å². The Labute approximate surface area is 191 Å². The average Bonchev–Trinajstić information content (AvgIpc) is 3.19. The van der Waals surface area contributed by atoms with Crippen LogP contribution in [0.25, 0.3) is 0 Å². The third-order valence-electron chi connectivity index (χ3n) is 7.02. The molecule has 0 aliphatic heterocycles. The van der Waals surface area contributed by atoms with Gasteiger partial charge in [-0.25, -0.2) is 4.99 Å². The molecule has 1 aromatic heterocycles. The zero-order chi connectivity index (χ0) is 23.4. The van der Waals surface area contributed by atoms with Crippen molar-refractivity contribution in [3.8, 4) is 0 Å². The quantitative estimate of drug-likeness (QED) is 0.600. The van der Waals surface area contributed by atoms with Crippen LogP contribution in [0.5, 0.6) is 0 Å². The van der Waals surface area contributed by atoms with Gasteiger partial charge >= 0.3 is 0 Å². The molecule has 2 rings (SSSR count).